The molecule has 1 rings (SSSR count). The lowest BCUT2D eigenvalue weighted by Gasteiger charge is -2.14. The Morgan fingerprint density at radius 2 is 1.74 bits per heavy atom. The Hall–Kier alpha value is -1.60. The topological polar surface area (TPSA) is 84.5 Å². The molecule has 0 spiro atoms. The molecule has 6 nitrogen and oxygen atoms in total. The molecule has 0 unspecified atom stereocenters. The standard InChI is InChI=1S/C16H26N2O4S/c1-4-13(5-2)18-16(19)11-12-17-23(20,21)15-9-7-14(8-10-15)22-6-3/h7-10,13,17H,4-6,11-12H2,1-3H3,(H,18,19). The molecule has 0 saturated heterocycles. The van der Waals surface area contributed by atoms with Crippen molar-refractivity contribution >= 4 is 15.9 Å². The summed E-state index contributed by atoms with van der Waals surface area (Å²) in [7, 11) is -3.61. The van der Waals surface area contributed by atoms with Crippen LogP contribution >= 0.6 is 0 Å². The largest absolute Gasteiger partial charge is 0.494 e. The lowest BCUT2D eigenvalue weighted by atomic mass is 10.1. The molecule has 0 heterocycles. The maximum Gasteiger partial charge on any atom is 0.240 e. The molecule has 0 aliphatic rings. The third-order valence-corrected chi connectivity index (χ3v) is 4.92. The van der Waals surface area contributed by atoms with Crippen molar-refractivity contribution in [3.8, 4) is 5.75 Å². The van der Waals surface area contributed by atoms with Gasteiger partial charge in [0.1, 0.15) is 5.75 Å². The van der Waals surface area contributed by atoms with E-state index in [0.29, 0.717) is 12.4 Å². The average Bonchev–Trinajstić information content (AvgIpc) is 2.53. The normalized spacial score (nSPS) is 11.5. The zero-order valence-corrected chi connectivity index (χ0v) is 14.8. The molecule has 2 N–H and O–H groups in total. The van der Waals surface area contributed by atoms with E-state index in [4.69, 9.17) is 4.74 Å². The van der Waals surface area contributed by atoms with E-state index in [1.165, 1.54) is 12.1 Å². The minimum Gasteiger partial charge on any atom is -0.494 e. The first-order valence-electron chi connectivity index (χ1n) is 7.94. The van der Waals surface area contributed by atoms with Gasteiger partial charge in [0.25, 0.3) is 0 Å². The molecule has 0 aliphatic carbocycles. The number of rotatable bonds is 10. The highest BCUT2D eigenvalue weighted by Gasteiger charge is 2.15. The van der Waals surface area contributed by atoms with Crippen molar-refractivity contribution in [3.63, 3.8) is 0 Å². The summed E-state index contributed by atoms with van der Waals surface area (Å²) in [6.07, 6.45) is 1.84. The van der Waals surface area contributed by atoms with Crippen molar-refractivity contribution in [2.45, 2.75) is 51.0 Å². The molecular weight excluding hydrogens is 316 g/mol. The van der Waals surface area contributed by atoms with Gasteiger partial charge < -0.3 is 10.1 Å². The maximum atomic E-state index is 12.1. The van der Waals surface area contributed by atoms with Crippen LogP contribution in [0, 0.1) is 0 Å². The number of carbonyl (C=O) groups is 1. The fourth-order valence-corrected chi connectivity index (χ4v) is 3.09. The van der Waals surface area contributed by atoms with E-state index in [9.17, 15) is 13.2 Å². The van der Waals surface area contributed by atoms with Gasteiger partial charge in [-0.15, -0.1) is 0 Å². The van der Waals surface area contributed by atoms with Crippen LogP contribution in [0.1, 0.15) is 40.0 Å². The summed E-state index contributed by atoms with van der Waals surface area (Å²) in [5.74, 6) is 0.476. The van der Waals surface area contributed by atoms with Gasteiger partial charge in [0, 0.05) is 19.0 Å². The summed E-state index contributed by atoms with van der Waals surface area (Å²) in [5, 5.41) is 2.87. The van der Waals surface area contributed by atoms with E-state index < -0.39 is 10.0 Å². The third-order valence-electron chi connectivity index (χ3n) is 3.44. The summed E-state index contributed by atoms with van der Waals surface area (Å²) in [6.45, 7) is 6.46. The second kappa shape index (κ2) is 9.52. The molecule has 0 fully saturated rings. The van der Waals surface area contributed by atoms with Crippen LogP contribution in [0.15, 0.2) is 29.2 Å². The van der Waals surface area contributed by atoms with Crippen LogP contribution in [0.2, 0.25) is 0 Å². The number of hydrogen-bond acceptors (Lipinski definition) is 4. The van der Waals surface area contributed by atoms with Crippen LogP contribution in [0.5, 0.6) is 5.75 Å². The Morgan fingerprint density at radius 3 is 2.26 bits per heavy atom. The zero-order chi connectivity index (χ0) is 17.3. The van der Waals surface area contributed by atoms with E-state index in [1.807, 2.05) is 20.8 Å². The van der Waals surface area contributed by atoms with Crippen LogP contribution < -0.4 is 14.8 Å². The molecule has 1 aromatic carbocycles. The third kappa shape index (κ3) is 6.58. The Morgan fingerprint density at radius 1 is 1.13 bits per heavy atom. The van der Waals surface area contributed by atoms with Gasteiger partial charge in [0.2, 0.25) is 15.9 Å². The number of amides is 1. The predicted molar refractivity (Wildman–Crippen MR) is 89.9 cm³/mol. The minimum absolute atomic E-state index is 0.0710. The highest BCUT2D eigenvalue weighted by atomic mass is 32.2. The number of ether oxygens (including phenoxy) is 1. The molecule has 130 valence electrons. The van der Waals surface area contributed by atoms with Crippen molar-refractivity contribution in [1.82, 2.24) is 10.0 Å². The minimum atomic E-state index is -3.61. The first kappa shape index (κ1) is 19.4. The number of hydrogen-bond donors (Lipinski definition) is 2. The van der Waals surface area contributed by atoms with Gasteiger partial charge in [-0.25, -0.2) is 13.1 Å². The van der Waals surface area contributed by atoms with Gasteiger partial charge in [-0.05, 0) is 44.0 Å². The summed E-state index contributed by atoms with van der Waals surface area (Å²) in [4.78, 5) is 11.9. The van der Waals surface area contributed by atoms with Gasteiger partial charge in [0.05, 0.1) is 11.5 Å². The van der Waals surface area contributed by atoms with Crippen molar-refractivity contribution < 1.29 is 17.9 Å². The average molecular weight is 342 g/mol. The lowest BCUT2D eigenvalue weighted by molar-refractivity contribution is -0.121. The summed E-state index contributed by atoms with van der Waals surface area (Å²) >= 11 is 0. The van der Waals surface area contributed by atoms with Crippen LogP contribution in [0.3, 0.4) is 0 Å². The first-order chi connectivity index (χ1) is 10.9. The SMILES string of the molecule is CCOc1ccc(S(=O)(=O)NCCC(=O)NC(CC)CC)cc1. The molecule has 0 atom stereocenters. The van der Waals surface area contributed by atoms with Gasteiger partial charge in [-0.1, -0.05) is 13.8 Å². The van der Waals surface area contributed by atoms with Crippen molar-refractivity contribution in [2.75, 3.05) is 13.2 Å². The Kier molecular flexibility index (Phi) is 8.05. The van der Waals surface area contributed by atoms with E-state index in [1.54, 1.807) is 12.1 Å². The Bertz CT molecular complexity index is 581. The van der Waals surface area contributed by atoms with Crippen LogP contribution in [-0.2, 0) is 14.8 Å². The molecule has 1 amide bonds. The summed E-state index contributed by atoms with van der Waals surface area (Å²) < 4.78 is 32.0. The molecule has 0 aromatic heterocycles. The number of benzene rings is 1. The fourth-order valence-electron chi connectivity index (χ4n) is 2.06. The second-order valence-electron chi connectivity index (χ2n) is 5.13. The van der Waals surface area contributed by atoms with Gasteiger partial charge >= 0.3 is 0 Å². The first-order valence-corrected chi connectivity index (χ1v) is 9.43. The van der Waals surface area contributed by atoms with Gasteiger partial charge in [-0.2, -0.15) is 0 Å². The van der Waals surface area contributed by atoms with E-state index in [-0.39, 0.29) is 29.8 Å². The summed E-state index contributed by atoms with van der Waals surface area (Å²) in [5.41, 5.74) is 0. The highest BCUT2D eigenvalue weighted by molar-refractivity contribution is 7.89. The van der Waals surface area contributed by atoms with Crippen LogP contribution in [-0.4, -0.2) is 33.5 Å². The van der Waals surface area contributed by atoms with Crippen LogP contribution in [0.25, 0.3) is 0 Å². The fraction of sp³-hybridized carbons (Fsp3) is 0.562. The van der Waals surface area contributed by atoms with E-state index in [0.717, 1.165) is 12.8 Å². The highest BCUT2D eigenvalue weighted by Crippen LogP contribution is 2.15. The summed E-state index contributed by atoms with van der Waals surface area (Å²) in [6, 6.07) is 6.33. The number of nitrogens with one attached hydrogen (secondary N) is 2. The van der Waals surface area contributed by atoms with Crippen molar-refractivity contribution in [2.24, 2.45) is 0 Å². The number of sulfonamides is 1. The van der Waals surface area contributed by atoms with Gasteiger partial charge in [-0.3, -0.25) is 4.79 Å². The molecule has 0 radical (unpaired) electrons. The monoisotopic (exact) mass is 342 g/mol. The van der Waals surface area contributed by atoms with E-state index >= 15 is 0 Å². The van der Waals surface area contributed by atoms with Gasteiger partial charge in [0.15, 0.2) is 0 Å². The quantitative estimate of drug-likeness (QED) is 0.682. The Labute approximate surface area is 138 Å². The zero-order valence-electron chi connectivity index (χ0n) is 14.0. The lowest BCUT2D eigenvalue weighted by Crippen LogP contribution is -2.36. The van der Waals surface area contributed by atoms with E-state index in [2.05, 4.69) is 10.0 Å². The van der Waals surface area contributed by atoms with Crippen molar-refractivity contribution in [1.29, 1.82) is 0 Å². The molecule has 0 aliphatic heterocycles. The second-order valence-corrected chi connectivity index (χ2v) is 6.90. The smallest absolute Gasteiger partial charge is 0.240 e. The molecule has 0 bridgehead atoms. The molecule has 0 saturated carbocycles. The molecular formula is C16H26N2O4S. The Balaban J connectivity index is 2.50. The molecule has 7 heteroatoms. The van der Waals surface area contributed by atoms with Crippen LogP contribution in [0.4, 0.5) is 0 Å². The molecule has 1 aromatic rings. The number of carbonyl (C=O) groups excluding carboxylic acids is 1. The predicted octanol–water partition coefficient (Wildman–Crippen LogP) is 2.06. The maximum absolute atomic E-state index is 12.1. The van der Waals surface area contributed by atoms with Crippen molar-refractivity contribution in [3.05, 3.63) is 24.3 Å². The molecule has 23 heavy (non-hydrogen) atoms.